The second-order valence-corrected chi connectivity index (χ2v) is 7.00. The molecule has 5 atom stereocenters. The molecule has 3 nitrogen and oxygen atoms in total. The third-order valence-electron chi connectivity index (χ3n) is 5.79. The van der Waals surface area contributed by atoms with Crippen LogP contribution in [-0.4, -0.2) is 23.8 Å². The van der Waals surface area contributed by atoms with Crippen molar-refractivity contribution in [2.75, 3.05) is 6.61 Å². The molecule has 2 saturated carbocycles. The van der Waals surface area contributed by atoms with Gasteiger partial charge in [-0.2, -0.15) is 0 Å². The highest BCUT2D eigenvalue weighted by Crippen LogP contribution is 2.58. The number of rotatable bonds is 3. The molecule has 1 spiro atoms. The van der Waals surface area contributed by atoms with Crippen molar-refractivity contribution in [2.24, 2.45) is 23.2 Å². The van der Waals surface area contributed by atoms with Crippen molar-refractivity contribution in [3.8, 4) is 0 Å². The van der Waals surface area contributed by atoms with Crippen LogP contribution in [0.25, 0.3) is 0 Å². The van der Waals surface area contributed by atoms with E-state index in [1.54, 1.807) is 0 Å². The van der Waals surface area contributed by atoms with Gasteiger partial charge in [-0.05, 0) is 62.2 Å². The van der Waals surface area contributed by atoms with Gasteiger partial charge in [-0.15, -0.1) is 0 Å². The van der Waals surface area contributed by atoms with Gasteiger partial charge in [0.15, 0.2) is 0 Å². The maximum atomic E-state index is 11.2. The lowest BCUT2D eigenvalue weighted by molar-refractivity contribution is -0.154. The zero-order chi connectivity index (χ0) is 14.9. The molecule has 20 heavy (non-hydrogen) atoms. The Labute approximate surface area is 122 Å². The summed E-state index contributed by atoms with van der Waals surface area (Å²) in [5, 5.41) is 9.85. The van der Waals surface area contributed by atoms with Crippen molar-refractivity contribution in [2.45, 2.75) is 59.0 Å². The summed E-state index contributed by atoms with van der Waals surface area (Å²) >= 11 is 0. The molecule has 0 amide bonds. The minimum atomic E-state index is -0.207. The number of allylic oxidation sites excluding steroid dienone is 1. The molecular formula is C17H28O3. The zero-order valence-corrected chi connectivity index (χ0v) is 13.0. The summed E-state index contributed by atoms with van der Waals surface area (Å²) < 4.78 is 5.40. The first kappa shape index (κ1) is 15.6. The van der Waals surface area contributed by atoms with Crippen molar-refractivity contribution in [1.82, 2.24) is 0 Å². The molecule has 0 aliphatic heterocycles. The lowest BCUT2D eigenvalue weighted by Gasteiger charge is -2.48. The van der Waals surface area contributed by atoms with E-state index in [1.807, 2.05) is 0 Å². The number of hydrogen-bond acceptors (Lipinski definition) is 3. The van der Waals surface area contributed by atoms with Crippen LogP contribution in [0.15, 0.2) is 12.2 Å². The van der Waals surface area contributed by atoms with Gasteiger partial charge >= 0.3 is 5.97 Å². The highest BCUT2D eigenvalue weighted by Gasteiger charge is 2.52. The number of carbonyl (C=O) groups excluding carboxylic acids is 1. The molecule has 0 saturated heterocycles. The molecular weight excluding hydrogens is 252 g/mol. The molecule has 0 aromatic carbocycles. The van der Waals surface area contributed by atoms with Gasteiger partial charge in [0.05, 0.1) is 0 Å². The maximum absolute atomic E-state index is 11.2. The monoisotopic (exact) mass is 280 g/mol. The van der Waals surface area contributed by atoms with Crippen molar-refractivity contribution in [3.05, 3.63) is 12.2 Å². The van der Waals surface area contributed by atoms with Crippen LogP contribution < -0.4 is 0 Å². The number of ether oxygens (including phenoxy) is 1. The highest BCUT2D eigenvalue weighted by atomic mass is 16.5. The Morgan fingerprint density at radius 1 is 1.40 bits per heavy atom. The van der Waals surface area contributed by atoms with Crippen LogP contribution in [0.4, 0.5) is 0 Å². The van der Waals surface area contributed by atoms with Crippen molar-refractivity contribution < 1.29 is 14.6 Å². The molecule has 1 N–H and O–H groups in total. The van der Waals surface area contributed by atoms with Gasteiger partial charge in [0.2, 0.25) is 0 Å². The second-order valence-electron chi connectivity index (χ2n) is 7.00. The molecule has 3 heteroatoms. The van der Waals surface area contributed by atoms with Gasteiger partial charge in [0.25, 0.3) is 0 Å². The van der Waals surface area contributed by atoms with E-state index < -0.39 is 0 Å². The van der Waals surface area contributed by atoms with Gasteiger partial charge in [0, 0.05) is 13.5 Å². The lowest BCUT2D eigenvalue weighted by Crippen LogP contribution is -2.45. The number of hydrogen-bond donors (Lipinski definition) is 1. The smallest absolute Gasteiger partial charge is 0.302 e. The van der Waals surface area contributed by atoms with E-state index in [0.717, 1.165) is 19.3 Å². The Kier molecular flexibility index (Phi) is 4.58. The minimum Gasteiger partial charge on any atom is -0.463 e. The molecule has 0 bridgehead atoms. The van der Waals surface area contributed by atoms with E-state index in [4.69, 9.17) is 4.74 Å². The first-order valence-corrected chi connectivity index (χ1v) is 7.82. The molecule has 2 aliphatic rings. The van der Waals surface area contributed by atoms with Crippen molar-refractivity contribution >= 4 is 5.97 Å². The topological polar surface area (TPSA) is 46.5 Å². The van der Waals surface area contributed by atoms with E-state index in [-0.39, 0.29) is 30.0 Å². The number of carbonyl (C=O) groups is 1. The standard InChI is InChI=1S/C17H28O3/c1-11(2)14-5-6-17(9-14)12(3)7-16(20-13(4)19)8-15(17)10-18/h12,14-16,18H,1,5-10H2,2-4H3/t12-,14-,15+,16+,17+/m1/s1. The van der Waals surface area contributed by atoms with Crippen molar-refractivity contribution in [1.29, 1.82) is 0 Å². The Balaban J connectivity index is 2.14. The van der Waals surface area contributed by atoms with Crippen LogP contribution in [0, 0.1) is 23.2 Å². The molecule has 2 aliphatic carbocycles. The molecule has 2 rings (SSSR count). The largest absolute Gasteiger partial charge is 0.463 e. The Morgan fingerprint density at radius 3 is 2.60 bits per heavy atom. The van der Waals surface area contributed by atoms with Crippen LogP contribution in [0.1, 0.15) is 52.9 Å². The summed E-state index contributed by atoms with van der Waals surface area (Å²) in [6.45, 7) is 10.2. The van der Waals surface area contributed by atoms with Gasteiger partial charge in [0.1, 0.15) is 6.10 Å². The van der Waals surface area contributed by atoms with E-state index in [9.17, 15) is 9.90 Å². The van der Waals surface area contributed by atoms with Gasteiger partial charge in [-0.25, -0.2) is 0 Å². The number of aliphatic hydroxyl groups excluding tert-OH is 1. The highest BCUT2D eigenvalue weighted by molar-refractivity contribution is 5.66. The van der Waals surface area contributed by atoms with Gasteiger partial charge < -0.3 is 9.84 Å². The van der Waals surface area contributed by atoms with E-state index in [0.29, 0.717) is 11.8 Å². The molecule has 0 aromatic heterocycles. The van der Waals surface area contributed by atoms with Crippen LogP contribution in [0.5, 0.6) is 0 Å². The fourth-order valence-corrected chi connectivity index (χ4v) is 4.61. The van der Waals surface area contributed by atoms with Gasteiger partial charge in [-0.1, -0.05) is 19.1 Å². The lowest BCUT2D eigenvalue weighted by atomic mass is 9.58. The second kappa shape index (κ2) is 5.88. The van der Waals surface area contributed by atoms with E-state index >= 15 is 0 Å². The molecule has 114 valence electrons. The Morgan fingerprint density at radius 2 is 2.10 bits per heavy atom. The number of esters is 1. The Bertz CT molecular complexity index is 390. The fourth-order valence-electron chi connectivity index (χ4n) is 4.61. The van der Waals surface area contributed by atoms with Crippen LogP contribution in [-0.2, 0) is 9.53 Å². The molecule has 0 aromatic rings. The summed E-state index contributed by atoms with van der Waals surface area (Å²) in [5.41, 5.74) is 1.49. The predicted octanol–water partition coefficient (Wildman–Crippen LogP) is 3.32. The molecule has 0 heterocycles. The zero-order valence-electron chi connectivity index (χ0n) is 13.0. The minimum absolute atomic E-state index is 0.0193. The first-order valence-electron chi connectivity index (χ1n) is 7.82. The van der Waals surface area contributed by atoms with Gasteiger partial charge in [-0.3, -0.25) is 4.79 Å². The number of aliphatic hydroxyl groups is 1. The van der Waals surface area contributed by atoms with Crippen LogP contribution >= 0.6 is 0 Å². The summed E-state index contributed by atoms with van der Waals surface area (Å²) in [6, 6.07) is 0. The Hall–Kier alpha value is -0.830. The first-order chi connectivity index (χ1) is 9.39. The fraction of sp³-hybridized carbons (Fsp3) is 0.824. The average molecular weight is 280 g/mol. The summed E-state index contributed by atoms with van der Waals surface area (Å²) in [6.07, 6.45) is 5.22. The van der Waals surface area contributed by atoms with E-state index in [2.05, 4.69) is 20.4 Å². The summed E-state index contributed by atoms with van der Waals surface area (Å²) in [4.78, 5) is 11.2. The van der Waals surface area contributed by atoms with Crippen LogP contribution in [0.2, 0.25) is 0 Å². The third-order valence-corrected chi connectivity index (χ3v) is 5.79. The average Bonchev–Trinajstić information content (AvgIpc) is 2.79. The summed E-state index contributed by atoms with van der Waals surface area (Å²) in [7, 11) is 0. The van der Waals surface area contributed by atoms with Crippen molar-refractivity contribution in [3.63, 3.8) is 0 Å². The maximum Gasteiger partial charge on any atom is 0.302 e. The third kappa shape index (κ3) is 2.78. The van der Waals surface area contributed by atoms with Crippen LogP contribution in [0.3, 0.4) is 0 Å². The quantitative estimate of drug-likeness (QED) is 0.637. The molecule has 0 radical (unpaired) electrons. The van der Waals surface area contributed by atoms with E-state index in [1.165, 1.54) is 25.3 Å². The predicted molar refractivity (Wildman–Crippen MR) is 79.1 cm³/mol. The molecule has 0 unspecified atom stereocenters. The molecule has 2 fully saturated rings. The SMILES string of the molecule is C=C(C)[C@@H]1CC[C@@]2(C1)[C@H](CO)C[C@@H](OC(C)=O)C[C@H]2C. The summed E-state index contributed by atoms with van der Waals surface area (Å²) in [5.74, 6) is 1.12. The normalized spacial score (nSPS) is 40.8.